The van der Waals surface area contributed by atoms with Gasteiger partial charge >= 0.3 is 0 Å². The Morgan fingerprint density at radius 3 is 2.38 bits per heavy atom. The minimum absolute atomic E-state index is 0. The third kappa shape index (κ3) is 4.46. The zero-order chi connectivity index (χ0) is 17.8. The number of rotatable bonds is 4. The first-order valence-corrected chi connectivity index (χ1v) is 9.25. The molecule has 0 aromatic heterocycles. The lowest BCUT2D eigenvalue weighted by molar-refractivity contribution is -0.139. The maximum Gasteiger partial charge on any atom is 0.227 e. The van der Waals surface area contributed by atoms with E-state index in [-0.39, 0.29) is 36.3 Å². The van der Waals surface area contributed by atoms with Crippen molar-refractivity contribution in [2.24, 2.45) is 11.7 Å². The highest BCUT2D eigenvalue weighted by Crippen LogP contribution is 2.33. The molecule has 26 heavy (non-hydrogen) atoms. The van der Waals surface area contributed by atoms with Crippen molar-refractivity contribution < 1.29 is 4.79 Å². The molecule has 0 spiro atoms. The number of carbonyl (C=O) groups excluding carboxylic acids is 1. The molecule has 1 aliphatic rings. The van der Waals surface area contributed by atoms with Gasteiger partial charge in [0.2, 0.25) is 5.91 Å². The van der Waals surface area contributed by atoms with E-state index in [4.69, 9.17) is 5.73 Å². The third-order valence-electron chi connectivity index (χ3n) is 5.36. The molecule has 1 amide bonds. The minimum Gasteiger partial charge on any atom is -0.335 e. The number of hydrogen-bond acceptors (Lipinski definition) is 2. The van der Waals surface area contributed by atoms with Crippen molar-refractivity contribution in [1.29, 1.82) is 0 Å². The lowest BCUT2D eigenvalue weighted by Gasteiger charge is -2.38. The highest BCUT2D eigenvalue weighted by Gasteiger charge is 2.33. The molecule has 140 valence electrons. The van der Waals surface area contributed by atoms with Crippen LogP contribution in [0, 0.1) is 12.8 Å². The van der Waals surface area contributed by atoms with Crippen molar-refractivity contribution in [3.8, 4) is 0 Å². The fourth-order valence-electron chi connectivity index (χ4n) is 3.71. The van der Waals surface area contributed by atoms with Crippen LogP contribution in [0.15, 0.2) is 54.6 Å². The van der Waals surface area contributed by atoms with E-state index in [0.717, 1.165) is 24.9 Å². The van der Waals surface area contributed by atoms with Gasteiger partial charge in [0.05, 0.1) is 12.0 Å². The van der Waals surface area contributed by atoms with E-state index in [1.54, 1.807) is 0 Å². The van der Waals surface area contributed by atoms with E-state index in [0.29, 0.717) is 0 Å². The number of nitrogens with zero attached hydrogens (tertiary/aromatic N) is 1. The first-order valence-electron chi connectivity index (χ1n) is 9.25. The monoisotopic (exact) mass is 372 g/mol. The van der Waals surface area contributed by atoms with Crippen LogP contribution in [0.25, 0.3) is 0 Å². The van der Waals surface area contributed by atoms with Crippen LogP contribution in [0.4, 0.5) is 0 Å². The Bertz CT molecular complexity index is 702. The second kappa shape index (κ2) is 9.20. The van der Waals surface area contributed by atoms with Crippen molar-refractivity contribution >= 4 is 18.3 Å². The molecule has 0 bridgehead atoms. The lowest BCUT2D eigenvalue weighted by Crippen LogP contribution is -2.43. The maximum absolute atomic E-state index is 13.2. The molecule has 1 saturated heterocycles. The Hall–Kier alpha value is -1.84. The summed E-state index contributed by atoms with van der Waals surface area (Å²) in [5.74, 6) is -0.0601. The second-order valence-electron chi connectivity index (χ2n) is 7.18. The summed E-state index contributed by atoms with van der Waals surface area (Å²) >= 11 is 0. The highest BCUT2D eigenvalue weighted by atomic mass is 35.5. The number of likely N-dealkylation sites (tertiary alicyclic amines) is 1. The first-order chi connectivity index (χ1) is 12.1. The average molecular weight is 373 g/mol. The zero-order valence-electron chi connectivity index (χ0n) is 15.6. The van der Waals surface area contributed by atoms with Crippen LogP contribution in [0.1, 0.15) is 55.0 Å². The van der Waals surface area contributed by atoms with Gasteiger partial charge in [0, 0.05) is 12.6 Å². The molecular weight excluding hydrogens is 344 g/mol. The summed E-state index contributed by atoms with van der Waals surface area (Å²) in [6.07, 6.45) is 3.27. The minimum atomic E-state index is -0.269. The molecule has 1 heterocycles. The number of carbonyl (C=O) groups is 1. The molecule has 3 nitrogen and oxygen atoms in total. The fraction of sp³-hybridized carbons (Fsp3) is 0.409. The van der Waals surface area contributed by atoms with Crippen molar-refractivity contribution in [3.63, 3.8) is 0 Å². The molecule has 0 radical (unpaired) electrons. The average Bonchev–Trinajstić information content (AvgIpc) is 2.67. The number of benzene rings is 2. The van der Waals surface area contributed by atoms with E-state index in [1.165, 1.54) is 17.5 Å². The molecule has 0 aliphatic carbocycles. The number of piperidine rings is 1. The predicted octanol–water partition coefficient (Wildman–Crippen LogP) is 4.81. The van der Waals surface area contributed by atoms with E-state index >= 15 is 0 Å². The molecule has 1 fully saturated rings. The van der Waals surface area contributed by atoms with Gasteiger partial charge in [-0.3, -0.25) is 4.79 Å². The smallest absolute Gasteiger partial charge is 0.227 e. The van der Waals surface area contributed by atoms with E-state index in [2.05, 4.69) is 36.1 Å². The summed E-state index contributed by atoms with van der Waals surface area (Å²) in [6, 6.07) is 18.4. The van der Waals surface area contributed by atoms with Crippen LogP contribution in [-0.2, 0) is 4.79 Å². The zero-order valence-corrected chi connectivity index (χ0v) is 16.4. The van der Waals surface area contributed by atoms with Gasteiger partial charge in [-0.25, -0.2) is 0 Å². The Kier molecular flexibility index (Phi) is 7.24. The van der Waals surface area contributed by atoms with Gasteiger partial charge < -0.3 is 10.6 Å². The lowest BCUT2D eigenvalue weighted by atomic mass is 9.90. The number of amides is 1. The number of aryl methyl sites for hydroxylation is 1. The number of halogens is 1. The SMILES string of the molecule is Cc1ccc(C2CCCCN2C(=O)C(C)C(N)c2ccccc2)cc1.Cl. The van der Waals surface area contributed by atoms with Crippen LogP contribution in [0.3, 0.4) is 0 Å². The van der Waals surface area contributed by atoms with E-state index < -0.39 is 0 Å². The van der Waals surface area contributed by atoms with Crippen molar-refractivity contribution in [3.05, 3.63) is 71.3 Å². The maximum atomic E-state index is 13.2. The number of hydrogen-bond donors (Lipinski definition) is 1. The normalized spacial score (nSPS) is 19.3. The summed E-state index contributed by atoms with van der Waals surface area (Å²) in [4.78, 5) is 15.3. The van der Waals surface area contributed by atoms with Crippen LogP contribution < -0.4 is 5.73 Å². The molecular formula is C22H29ClN2O. The van der Waals surface area contributed by atoms with Crippen molar-refractivity contribution in [2.45, 2.75) is 45.2 Å². The van der Waals surface area contributed by atoms with Crippen molar-refractivity contribution in [1.82, 2.24) is 4.90 Å². The topological polar surface area (TPSA) is 46.3 Å². The van der Waals surface area contributed by atoms with Gasteiger partial charge in [0.25, 0.3) is 0 Å². The molecule has 1 aliphatic heterocycles. The largest absolute Gasteiger partial charge is 0.335 e. The Morgan fingerprint density at radius 2 is 1.73 bits per heavy atom. The Labute approximate surface area is 163 Å². The molecule has 3 unspecified atom stereocenters. The molecule has 3 rings (SSSR count). The standard InChI is InChI=1S/C22H28N2O.ClH/c1-16-11-13-18(14-12-16)20-10-6-7-15-24(20)22(25)17(2)21(23)19-8-4-3-5-9-19;/h3-5,8-9,11-14,17,20-21H,6-7,10,15,23H2,1-2H3;1H. The van der Waals surface area contributed by atoms with Gasteiger partial charge in [-0.1, -0.05) is 67.1 Å². The van der Waals surface area contributed by atoms with Gasteiger partial charge in [-0.05, 0) is 37.3 Å². The van der Waals surface area contributed by atoms with Crippen LogP contribution in [-0.4, -0.2) is 17.4 Å². The quantitative estimate of drug-likeness (QED) is 0.837. The first kappa shape index (κ1) is 20.5. The summed E-state index contributed by atoms with van der Waals surface area (Å²) < 4.78 is 0. The molecule has 4 heteroatoms. The Morgan fingerprint density at radius 1 is 1.08 bits per heavy atom. The number of nitrogens with two attached hydrogens (primary N) is 1. The molecule has 3 atom stereocenters. The van der Waals surface area contributed by atoms with Crippen LogP contribution in [0.2, 0.25) is 0 Å². The fourth-order valence-corrected chi connectivity index (χ4v) is 3.71. The molecule has 2 N–H and O–H groups in total. The van der Waals surface area contributed by atoms with Gasteiger partial charge in [-0.2, -0.15) is 0 Å². The Balaban J connectivity index is 0.00000243. The predicted molar refractivity (Wildman–Crippen MR) is 109 cm³/mol. The highest BCUT2D eigenvalue weighted by molar-refractivity contribution is 5.85. The molecule has 2 aromatic rings. The van der Waals surface area contributed by atoms with Gasteiger partial charge in [0.15, 0.2) is 0 Å². The van der Waals surface area contributed by atoms with Crippen LogP contribution >= 0.6 is 12.4 Å². The van der Waals surface area contributed by atoms with E-state index in [9.17, 15) is 4.79 Å². The van der Waals surface area contributed by atoms with Crippen LogP contribution in [0.5, 0.6) is 0 Å². The summed E-state index contributed by atoms with van der Waals surface area (Å²) in [5, 5.41) is 0. The van der Waals surface area contributed by atoms with Crippen molar-refractivity contribution in [2.75, 3.05) is 6.54 Å². The van der Waals surface area contributed by atoms with Gasteiger partial charge in [-0.15, -0.1) is 12.4 Å². The van der Waals surface area contributed by atoms with Gasteiger partial charge in [0.1, 0.15) is 0 Å². The van der Waals surface area contributed by atoms with E-state index in [1.807, 2.05) is 37.3 Å². The summed E-state index contributed by atoms with van der Waals surface area (Å²) in [5.41, 5.74) is 9.91. The third-order valence-corrected chi connectivity index (χ3v) is 5.36. The molecule has 0 saturated carbocycles. The second-order valence-corrected chi connectivity index (χ2v) is 7.18. The molecule has 2 aromatic carbocycles. The summed E-state index contributed by atoms with van der Waals surface area (Å²) in [6.45, 7) is 4.87. The summed E-state index contributed by atoms with van der Waals surface area (Å²) in [7, 11) is 0.